The van der Waals surface area contributed by atoms with Gasteiger partial charge in [0.1, 0.15) is 12.7 Å². The van der Waals surface area contributed by atoms with Crippen molar-refractivity contribution in [1.82, 2.24) is 15.0 Å². The minimum Gasteiger partial charge on any atom is -0.399 e. The molecule has 2 aromatic rings. The van der Waals surface area contributed by atoms with Crippen LogP contribution in [0.25, 0.3) is 11.4 Å². The lowest BCUT2D eigenvalue weighted by atomic mass is 10.1. The largest absolute Gasteiger partial charge is 0.399 e. The Labute approximate surface area is 80.8 Å². The van der Waals surface area contributed by atoms with Crippen LogP contribution in [0.15, 0.2) is 30.9 Å². The third kappa shape index (κ3) is 1.47. The summed E-state index contributed by atoms with van der Waals surface area (Å²) in [4.78, 5) is 11.7. The third-order valence-corrected chi connectivity index (χ3v) is 1.81. The molecule has 0 aliphatic heterocycles. The highest BCUT2D eigenvalue weighted by atomic mass is 15.0. The van der Waals surface area contributed by atoms with E-state index in [0.29, 0.717) is 17.2 Å². The highest BCUT2D eigenvalue weighted by Crippen LogP contribution is 2.23. The van der Waals surface area contributed by atoms with Crippen LogP contribution in [-0.4, -0.2) is 15.0 Å². The summed E-state index contributed by atoms with van der Waals surface area (Å²) < 4.78 is 0. The fraction of sp³-hybridized carbons (Fsp3) is 0. The molecule has 0 spiro atoms. The second kappa shape index (κ2) is 3.29. The Morgan fingerprint density at radius 3 is 2.36 bits per heavy atom. The van der Waals surface area contributed by atoms with Gasteiger partial charge in [-0.3, -0.25) is 0 Å². The molecule has 0 radical (unpaired) electrons. The lowest BCUT2D eigenvalue weighted by molar-refractivity contribution is 1.06. The van der Waals surface area contributed by atoms with E-state index in [1.165, 1.54) is 12.7 Å². The van der Waals surface area contributed by atoms with Crippen LogP contribution in [0.4, 0.5) is 11.4 Å². The second-order valence-electron chi connectivity index (χ2n) is 2.81. The maximum Gasteiger partial charge on any atom is 0.164 e. The first kappa shape index (κ1) is 8.43. The molecule has 0 aliphatic carbocycles. The summed E-state index contributed by atoms with van der Waals surface area (Å²) in [6, 6.07) is 5.23. The van der Waals surface area contributed by atoms with Gasteiger partial charge in [0.2, 0.25) is 0 Å². The van der Waals surface area contributed by atoms with Crippen LogP contribution in [-0.2, 0) is 0 Å². The predicted molar refractivity (Wildman–Crippen MR) is 54.1 cm³/mol. The number of aromatic nitrogens is 3. The van der Waals surface area contributed by atoms with Crippen molar-refractivity contribution in [3.8, 4) is 11.4 Å². The Hall–Kier alpha value is -2.17. The number of benzene rings is 1. The molecule has 4 N–H and O–H groups in total. The van der Waals surface area contributed by atoms with Gasteiger partial charge in [-0.25, -0.2) is 15.0 Å². The molecule has 1 aromatic carbocycles. The van der Waals surface area contributed by atoms with E-state index in [2.05, 4.69) is 15.0 Å². The Morgan fingerprint density at radius 2 is 1.71 bits per heavy atom. The smallest absolute Gasteiger partial charge is 0.164 e. The molecule has 0 atom stereocenters. The van der Waals surface area contributed by atoms with Gasteiger partial charge in [-0.05, 0) is 18.2 Å². The molecule has 70 valence electrons. The van der Waals surface area contributed by atoms with Gasteiger partial charge in [0.15, 0.2) is 5.82 Å². The summed E-state index contributed by atoms with van der Waals surface area (Å²) in [6.07, 6.45) is 2.86. The zero-order valence-corrected chi connectivity index (χ0v) is 7.38. The lowest BCUT2D eigenvalue weighted by Crippen LogP contribution is -1.96. The molecule has 2 rings (SSSR count). The molecule has 5 nitrogen and oxygen atoms in total. The number of rotatable bonds is 1. The van der Waals surface area contributed by atoms with Crippen molar-refractivity contribution in [1.29, 1.82) is 0 Å². The predicted octanol–water partition coefficient (Wildman–Crippen LogP) is 0.703. The van der Waals surface area contributed by atoms with Gasteiger partial charge in [0.25, 0.3) is 0 Å². The molecular weight excluding hydrogens is 178 g/mol. The monoisotopic (exact) mass is 187 g/mol. The first-order valence-corrected chi connectivity index (χ1v) is 4.05. The lowest BCUT2D eigenvalue weighted by Gasteiger charge is -2.03. The van der Waals surface area contributed by atoms with Crippen LogP contribution in [0.5, 0.6) is 0 Å². The van der Waals surface area contributed by atoms with Crippen molar-refractivity contribution >= 4 is 11.4 Å². The molecule has 0 aliphatic rings. The summed E-state index contributed by atoms with van der Waals surface area (Å²) >= 11 is 0. The van der Waals surface area contributed by atoms with E-state index < -0.39 is 0 Å². The molecule has 14 heavy (non-hydrogen) atoms. The highest BCUT2D eigenvalue weighted by molar-refractivity contribution is 5.74. The standard InChI is InChI=1S/C9H9N5/c10-6-1-2-7(8(11)3-6)9-13-4-12-5-14-9/h1-5H,10-11H2. The topological polar surface area (TPSA) is 90.7 Å². The molecule has 0 saturated heterocycles. The number of nitrogens with two attached hydrogens (primary N) is 2. The van der Waals surface area contributed by atoms with Gasteiger partial charge in [-0.15, -0.1) is 0 Å². The maximum atomic E-state index is 5.77. The van der Waals surface area contributed by atoms with Crippen LogP contribution >= 0.6 is 0 Å². The van der Waals surface area contributed by atoms with Crippen molar-refractivity contribution in [3.05, 3.63) is 30.9 Å². The molecule has 1 aromatic heterocycles. The minimum atomic E-state index is 0.553. The Balaban J connectivity index is 2.53. The maximum absolute atomic E-state index is 5.77. The summed E-state index contributed by atoms with van der Waals surface area (Å²) in [7, 11) is 0. The number of hydrogen-bond donors (Lipinski definition) is 2. The third-order valence-electron chi connectivity index (χ3n) is 1.81. The fourth-order valence-electron chi connectivity index (χ4n) is 1.16. The van der Waals surface area contributed by atoms with Crippen LogP contribution in [0.1, 0.15) is 0 Å². The van der Waals surface area contributed by atoms with Crippen molar-refractivity contribution in [3.63, 3.8) is 0 Å². The van der Waals surface area contributed by atoms with Crippen LogP contribution < -0.4 is 11.5 Å². The number of anilines is 2. The summed E-state index contributed by atoms with van der Waals surface area (Å²) in [6.45, 7) is 0. The molecule has 5 heteroatoms. The van der Waals surface area contributed by atoms with E-state index in [9.17, 15) is 0 Å². The Kier molecular flexibility index (Phi) is 1.98. The Morgan fingerprint density at radius 1 is 1.00 bits per heavy atom. The summed E-state index contributed by atoms with van der Waals surface area (Å²) in [5, 5.41) is 0. The van der Waals surface area contributed by atoms with Gasteiger partial charge in [-0.1, -0.05) is 0 Å². The van der Waals surface area contributed by atoms with E-state index in [1.807, 2.05) is 0 Å². The van der Waals surface area contributed by atoms with E-state index in [0.717, 1.165) is 5.56 Å². The zero-order chi connectivity index (χ0) is 9.97. The zero-order valence-electron chi connectivity index (χ0n) is 7.38. The first-order chi connectivity index (χ1) is 6.77. The Bertz CT molecular complexity index is 440. The minimum absolute atomic E-state index is 0.553. The van der Waals surface area contributed by atoms with Crippen molar-refractivity contribution in [2.75, 3.05) is 11.5 Å². The SMILES string of the molecule is Nc1ccc(-c2ncncn2)c(N)c1. The van der Waals surface area contributed by atoms with Crippen molar-refractivity contribution < 1.29 is 0 Å². The average molecular weight is 187 g/mol. The first-order valence-electron chi connectivity index (χ1n) is 4.05. The van der Waals surface area contributed by atoms with Gasteiger partial charge in [0.05, 0.1) is 0 Å². The second-order valence-corrected chi connectivity index (χ2v) is 2.81. The highest BCUT2D eigenvalue weighted by Gasteiger charge is 2.04. The number of nitrogens with zero attached hydrogens (tertiary/aromatic N) is 3. The van der Waals surface area contributed by atoms with Crippen molar-refractivity contribution in [2.45, 2.75) is 0 Å². The number of hydrogen-bond acceptors (Lipinski definition) is 5. The van der Waals surface area contributed by atoms with Crippen LogP contribution in [0.2, 0.25) is 0 Å². The quantitative estimate of drug-likeness (QED) is 0.641. The molecule has 0 saturated carbocycles. The fourth-order valence-corrected chi connectivity index (χ4v) is 1.16. The summed E-state index contributed by atoms with van der Waals surface area (Å²) in [5.41, 5.74) is 13.3. The summed E-state index contributed by atoms with van der Waals surface area (Å²) in [5.74, 6) is 0.553. The van der Waals surface area contributed by atoms with Crippen LogP contribution in [0, 0.1) is 0 Å². The molecule has 0 unspecified atom stereocenters. The van der Waals surface area contributed by atoms with E-state index in [-0.39, 0.29) is 0 Å². The molecule has 0 bridgehead atoms. The van der Waals surface area contributed by atoms with E-state index >= 15 is 0 Å². The van der Waals surface area contributed by atoms with Crippen LogP contribution in [0.3, 0.4) is 0 Å². The van der Waals surface area contributed by atoms with Gasteiger partial charge >= 0.3 is 0 Å². The molecule has 0 fully saturated rings. The normalized spacial score (nSPS) is 10.0. The van der Waals surface area contributed by atoms with Gasteiger partial charge in [0, 0.05) is 16.9 Å². The molecule has 0 amide bonds. The number of nitrogen functional groups attached to an aromatic ring is 2. The molecular formula is C9H9N5. The van der Waals surface area contributed by atoms with E-state index in [4.69, 9.17) is 11.5 Å². The van der Waals surface area contributed by atoms with Crippen molar-refractivity contribution in [2.24, 2.45) is 0 Å². The molecule has 1 heterocycles. The average Bonchev–Trinajstić information content (AvgIpc) is 2.19. The van der Waals surface area contributed by atoms with Gasteiger partial charge in [-0.2, -0.15) is 0 Å². The van der Waals surface area contributed by atoms with Gasteiger partial charge < -0.3 is 11.5 Å². The van der Waals surface area contributed by atoms with E-state index in [1.54, 1.807) is 18.2 Å².